The van der Waals surface area contributed by atoms with Crippen LogP contribution >= 0.6 is 0 Å². The fourth-order valence-corrected chi connectivity index (χ4v) is 14.3. The highest BCUT2D eigenvalue weighted by atomic mass is 32.2. The van der Waals surface area contributed by atoms with Gasteiger partial charge in [0.2, 0.25) is 23.6 Å². The topological polar surface area (TPSA) is 445 Å². The number of nitrogens with zero attached hydrogens (tertiary/aromatic N) is 5. The highest BCUT2D eigenvalue weighted by Gasteiger charge is 2.39. The second-order valence-corrected chi connectivity index (χ2v) is 28.7. The van der Waals surface area contributed by atoms with Gasteiger partial charge in [0, 0.05) is 32.0 Å². The number of nitrogen functional groups attached to an aromatic ring is 1. The van der Waals surface area contributed by atoms with Gasteiger partial charge in [-0.3, -0.25) is 28.3 Å². The highest BCUT2D eigenvalue weighted by Crippen LogP contribution is 2.49. The number of aromatic hydroxyl groups is 1. The summed E-state index contributed by atoms with van der Waals surface area (Å²) in [5.41, 5.74) is 13.9. The standard InChI is InChI=1S/C61H63N11O17S4/c1-35(66-61(78)89-34-47-45-15-8-6-13-43(45)44-14-7-9-16-46(44)47)57(74)65-36(2)60(77)72-28-10-17-49(72)59(76)67-48(31-37-11-4-3-5-12-37)58(75)64-27-30-91(81,82)42-24-20-39(21-25-42)68-70-54-50(92(83,84)85)32-38-33-51(93(86,87)88)55(56(73)52(38)53(54)63)71-69-40-18-22-41(23-19-40)90(79,80)29-26-62/h3-9,11-16,18-25,32-33,35-36,47-49,73H,10,17,26-31,34,62-63H2,1-2H3,(H,64,75)(H,65,74)(H,66,78)(H,67,76)(H,83,84,85)(H,86,87,88). The molecule has 1 heterocycles. The molecule has 1 aliphatic carbocycles. The summed E-state index contributed by atoms with van der Waals surface area (Å²) in [5.74, 6) is -5.00. The van der Waals surface area contributed by atoms with Gasteiger partial charge in [-0.25, -0.2) is 21.6 Å². The Morgan fingerprint density at radius 2 is 1.17 bits per heavy atom. The molecule has 32 heteroatoms. The number of hydrogen-bond donors (Lipinski definition) is 9. The molecule has 0 radical (unpaired) electrons. The first-order chi connectivity index (χ1) is 44.1. The maximum atomic E-state index is 14.1. The molecule has 11 N–H and O–H groups in total. The van der Waals surface area contributed by atoms with Crippen molar-refractivity contribution in [1.82, 2.24) is 26.2 Å². The van der Waals surface area contributed by atoms with Gasteiger partial charge in [-0.2, -0.15) is 27.1 Å². The summed E-state index contributed by atoms with van der Waals surface area (Å²) in [7, 11) is -18.5. The van der Waals surface area contributed by atoms with E-state index < -0.39 is 149 Å². The normalized spacial score (nSPS) is 15.3. The maximum Gasteiger partial charge on any atom is 0.407 e. The molecule has 4 atom stereocenters. The number of phenolic OH excluding ortho intramolecular Hbond substituents is 1. The predicted molar refractivity (Wildman–Crippen MR) is 339 cm³/mol. The zero-order chi connectivity index (χ0) is 67.2. The number of carbonyl (C=O) groups is 5. The van der Waals surface area contributed by atoms with E-state index in [0.29, 0.717) is 24.1 Å². The number of ether oxygens (including phenoxy) is 1. The molecular formula is C61H63N11O17S4. The Morgan fingerprint density at radius 3 is 1.73 bits per heavy atom. The third-order valence-corrected chi connectivity index (χ3v) is 20.6. The number of rotatable bonds is 24. The van der Waals surface area contributed by atoms with Crippen LogP contribution in [-0.2, 0) is 70.2 Å². The fraction of sp³-hybridized carbons (Fsp3) is 0.262. The molecule has 0 saturated carbocycles. The van der Waals surface area contributed by atoms with E-state index in [-0.39, 0.29) is 65.4 Å². The van der Waals surface area contributed by atoms with E-state index in [1.807, 2.05) is 48.5 Å². The summed E-state index contributed by atoms with van der Waals surface area (Å²) in [6.07, 6.45) is -0.240. The molecule has 0 aromatic heterocycles. The summed E-state index contributed by atoms with van der Waals surface area (Å²) < 4.78 is 129. The van der Waals surface area contributed by atoms with Crippen LogP contribution in [0.4, 0.5) is 33.2 Å². The molecule has 93 heavy (non-hydrogen) atoms. The highest BCUT2D eigenvalue weighted by molar-refractivity contribution is 7.91. The van der Waals surface area contributed by atoms with Crippen LogP contribution in [-0.4, -0.2) is 144 Å². The number of sulfone groups is 2. The molecule has 4 unspecified atom stereocenters. The Hall–Kier alpha value is -9.57. The van der Waals surface area contributed by atoms with Crippen LogP contribution in [0.25, 0.3) is 21.9 Å². The van der Waals surface area contributed by atoms with Crippen LogP contribution in [0, 0.1) is 0 Å². The molecule has 0 bridgehead atoms. The quantitative estimate of drug-likeness (QED) is 0.0184. The van der Waals surface area contributed by atoms with E-state index in [0.717, 1.165) is 34.4 Å². The third kappa shape index (κ3) is 15.7. The number of likely N-dealkylation sites (tertiary alicyclic amines) is 1. The monoisotopic (exact) mass is 1350 g/mol. The SMILES string of the molecule is CC(NC(=O)OCC1c2ccccc2-c2ccccc21)C(=O)NC(C)C(=O)N1CCCC1C(=O)NC(Cc1ccccc1)C(=O)NCCS(=O)(=O)c1ccc(N=Nc2c(S(=O)(=O)O)cc3cc(S(=O)(=O)O)c(N=Nc4ccc(S(=O)(=O)CCN)cc4)c(O)c3c2N)cc1. The molecule has 28 nitrogen and oxygen atoms in total. The fourth-order valence-electron chi connectivity index (χ4n) is 10.7. The summed E-state index contributed by atoms with van der Waals surface area (Å²) in [5, 5.41) is 36.4. The number of azo groups is 2. The van der Waals surface area contributed by atoms with E-state index >= 15 is 0 Å². The van der Waals surface area contributed by atoms with Crippen molar-refractivity contribution < 1.29 is 76.6 Å². The van der Waals surface area contributed by atoms with Gasteiger partial charge in [-0.05, 0) is 121 Å². The van der Waals surface area contributed by atoms with Crippen LogP contribution in [0.15, 0.2) is 180 Å². The molecule has 7 aromatic carbocycles. The van der Waals surface area contributed by atoms with Crippen molar-refractivity contribution in [3.63, 3.8) is 0 Å². The number of carbonyl (C=O) groups excluding carboxylic acids is 5. The minimum absolute atomic E-state index is 0.0144. The molecule has 1 aliphatic heterocycles. The van der Waals surface area contributed by atoms with Gasteiger partial charge in [0.05, 0.1) is 43.7 Å². The minimum atomic E-state index is -5.28. The first kappa shape index (κ1) is 67.8. The molecule has 1 fully saturated rings. The van der Waals surface area contributed by atoms with Gasteiger partial charge in [0.1, 0.15) is 51.9 Å². The van der Waals surface area contributed by atoms with Crippen LogP contribution < -0.4 is 32.7 Å². The van der Waals surface area contributed by atoms with Crippen molar-refractivity contribution >= 4 is 109 Å². The second-order valence-electron chi connectivity index (χ2n) is 21.7. The Bertz CT molecular complexity index is 4560. The van der Waals surface area contributed by atoms with Crippen LogP contribution in [0.3, 0.4) is 0 Å². The number of nitrogens with two attached hydrogens (primary N) is 2. The summed E-state index contributed by atoms with van der Waals surface area (Å²) in [4.78, 5) is 66.9. The number of anilines is 1. The van der Waals surface area contributed by atoms with Crippen molar-refractivity contribution in [3.05, 3.63) is 156 Å². The molecule has 5 amide bonds. The zero-order valence-electron chi connectivity index (χ0n) is 49.6. The number of nitrogens with one attached hydrogen (secondary N) is 4. The van der Waals surface area contributed by atoms with Gasteiger partial charge in [0.15, 0.2) is 25.4 Å². The molecule has 488 valence electrons. The van der Waals surface area contributed by atoms with Crippen molar-refractivity contribution in [2.45, 2.75) is 82.8 Å². The minimum Gasteiger partial charge on any atom is -0.505 e. The Kier molecular flexibility index (Phi) is 20.5. The smallest absolute Gasteiger partial charge is 0.407 e. The summed E-state index contributed by atoms with van der Waals surface area (Å²) >= 11 is 0. The average molecular weight is 1350 g/mol. The van der Waals surface area contributed by atoms with Crippen molar-refractivity contribution in [3.8, 4) is 16.9 Å². The van der Waals surface area contributed by atoms with E-state index in [1.165, 1.54) is 55.1 Å². The van der Waals surface area contributed by atoms with E-state index in [2.05, 4.69) is 41.7 Å². The molecule has 7 aromatic rings. The maximum absolute atomic E-state index is 14.1. The Labute approximate surface area is 534 Å². The van der Waals surface area contributed by atoms with E-state index in [4.69, 9.17) is 16.2 Å². The van der Waals surface area contributed by atoms with Gasteiger partial charge in [-0.1, -0.05) is 78.9 Å². The predicted octanol–water partition coefficient (Wildman–Crippen LogP) is 6.22. The first-order valence-electron chi connectivity index (χ1n) is 28.7. The first-order valence-corrected chi connectivity index (χ1v) is 34.9. The average Bonchev–Trinajstić information content (AvgIpc) is 1.47. The number of benzene rings is 7. The lowest BCUT2D eigenvalue weighted by Gasteiger charge is -2.29. The van der Waals surface area contributed by atoms with Crippen molar-refractivity contribution in [1.29, 1.82) is 0 Å². The van der Waals surface area contributed by atoms with Crippen molar-refractivity contribution in [2.24, 2.45) is 26.2 Å². The number of amides is 5. The number of alkyl carbamates (subject to hydrolysis) is 1. The molecular weight excluding hydrogens is 1290 g/mol. The van der Waals surface area contributed by atoms with Crippen LogP contribution in [0.1, 0.15) is 49.3 Å². The number of hydrogen-bond acceptors (Lipinski definition) is 21. The zero-order valence-corrected chi connectivity index (χ0v) is 52.9. The Morgan fingerprint density at radius 1 is 0.645 bits per heavy atom. The number of fused-ring (bicyclic) bond motifs is 4. The lowest BCUT2D eigenvalue weighted by atomic mass is 9.98. The van der Waals surface area contributed by atoms with E-state index in [1.54, 1.807) is 30.3 Å². The van der Waals surface area contributed by atoms with Gasteiger partial charge < -0.3 is 47.5 Å². The Balaban J connectivity index is 0.824. The lowest BCUT2D eigenvalue weighted by molar-refractivity contribution is -0.141. The molecule has 1 saturated heterocycles. The molecule has 2 aliphatic rings. The van der Waals surface area contributed by atoms with Crippen molar-refractivity contribution in [2.75, 3.05) is 43.5 Å². The van der Waals surface area contributed by atoms with Gasteiger partial charge >= 0.3 is 6.09 Å². The number of phenols is 1. The van der Waals surface area contributed by atoms with E-state index in [9.17, 15) is 71.9 Å². The third-order valence-electron chi connectivity index (χ3n) is 15.4. The lowest BCUT2D eigenvalue weighted by Crippen LogP contribution is -2.57. The van der Waals surface area contributed by atoms with Crippen LogP contribution in [0.5, 0.6) is 5.75 Å². The summed E-state index contributed by atoms with van der Waals surface area (Å²) in [6.45, 7) is 2.44. The molecule has 9 rings (SSSR count). The molecule has 0 spiro atoms. The van der Waals surface area contributed by atoms with Gasteiger partial charge in [-0.15, -0.1) is 10.2 Å². The van der Waals surface area contributed by atoms with Gasteiger partial charge in [0.25, 0.3) is 20.2 Å². The largest absolute Gasteiger partial charge is 0.505 e. The second kappa shape index (κ2) is 28.1. The summed E-state index contributed by atoms with van der Waals surface area (Å²) in [6, 6.07) is 30.4. The van der Waals surface area contributed by atoms with Crippen LogP contribution in [0.2, 0.25) is 0 Å².